The lowest BCUT2D eigenvalue weighted by Crippen LogP contribution is -2.45. The normalized spacial score (nSPS) is 23.5. The number of carbonyl (C=O) groups is 8. The van der Waals surface area contributed by atoms with Gasteiger partial charge in [-0.3, -0.25) is 57.7 Å². The average Bonchev–Trinajstić information content (AvgIpc) is 1.55. The highest BCUT2D eigenvalue weighted by atomic mass is 79.9. The number of benzene rings is 2. The molecule has 4 aromatic heterocycles. The van der Waals surface area contributed by atoms with Crippen molar-refractivity contribution in [3.05, 3.63) is 109 Å². The monoisotopic (exact) mass is 1330 g/mol. The summed E-state index contributed by atoms with van der Waals surface area (Å²) in [5.41, 5.74) is 15.2. The number of nitrogens with one attached hydrogen (secondary N) is 1. The third-order valence-corrected chi connectivity index (χ3v) is 20.6. The van der Waals surface area contributed by atoms with Gasteiger partial charge in [0.1, 0.15) is 36.0 Å². The average molecular weight is 1330 g/mol. The van der Waals surface area contributed by atoms with Gasteiger partial charge >= 0.3 is 0 Å². The van der Waals surface area contributed by atoms with Crippen molar-refractivity contribution in [3.63, 3.8) is 0 Å². The van der Waals surface area contributed by atoms with Gasteiger partial charge in [0, 0.05) is 90.0 Å². The molecule has 19 heteroatoms. The van der Waals surface area contributed by atoms with Crippen LogP contribution in [-0.2, 0) is 67.5 Å². The fraction of sp³-hybridized carbons (Fsp3) is 0.568. The highest BCUT2D eigenvalue weighted by Crippen LogP contribution is 2.64. The first-order valence-corrected chi connectivity index (χ1v) is 34.9. The molecule has 3 N–H and O–H groups in total. The summed E-state index contributed by atoms with van der Waals surface area (Å²) >= 11 is 3.61. The van der Waals surface area contributed by atoms with Gasteiger partial charge in [-0.15, -0.1) is 0 Å². The van der Waals surface area contributed by atoms with E-state index >= 15 is 0 Å². The summed E-state index contributed by atoms with van der Waals surface area (Å²) in [6.07, 6.45) is 15.9. The van der Waals surface area contributed by atoms with E-state index in [2.05, 4.69) is 62.3 Å². The lowest BCUT2D eigenvalue weighted by atomic mass is 9.90. The Morgan fingerprint density at radius 2 is 0.978 bits per heavy atom. The van der Waals surface area contributed by atoms with E-state index in [0.29, 0.717) is 68.8 Å². The summed E-state index contributed by atoms with van der Waals surface area (Å²) in [7, 11) is 0. The molecule has 0 unspecified atom stereocenters. The molecule has 2 saturated carbocycles. The Kier molecular flexibility index (Phi) is 21.3. The minimum atomic E-state index is -0.572. The number of piperidine rings is 2. The first-order valence-electron chi connectivity index (χ1n) is 34.1. The molecule has 6 aliphatic rings. The molecule has 6 atom stereocenters. The van der Waals surface area contributed by atoms with Gasteiger partial charge in [-0.25, -0.2) is 0 Å². The Balaban J connectivity index is 0.000000193. The van der Waals surface area contributed by atoms with Crippen molar-refractivity contribution in [1.82, 2.24) is 39.3 Å². The van der Waals surface area contributed by atoms with Gasteiger partial charge < -0.3 is 20.9 Å². The van der Waals surface area contributed by atoms with E-state index in [4.69, 9.17) is 10.8 Å². The first kappa shape index (κ1) is 68.7. The van der Waals surface area contributed by atoms with Crippen LogP contribution in [0.5, 0.6) is 0 Å². The lowest BCUT2D eigenvalue weighted by Gasteiger charge is -2.27. The molecule has 2 amide bonds. The largest absolute Gasteiger partial charge is 0.383 e. The topological polar surface area (TPSA) is 243 Å². The number of pyridine rings is 2. The van der Waals surface area contributed by atoms with Crippen molar-refractivity contribution in [2.75, 3.05) is 5.32 Å². The number of rotatable bonds is 10. The Labute approximate surface area is 555 Å². The summed E-state index contributed by atoms with van der Waals surface area (Å²) in [6.45, 7) is 18.7. The van der Waals surface area contributed by atoms with Crippen LogP contribution in [0.25, 0.3) is 21.8 Å². The zero-order valence-electron chi connectivity index (χ0n) is 56.4. The van der Waals surface area contributed by atoms with Crippen LogP contribution < -0.4 is 11.1 Å². The molecule has 12 rings (SSSR count). The second kappa shape index (κ2) is 28.8. The van der Waals surface area contributed by atoms with Crippen LogP contribution in [0.4, 0.5) is 5.69 Å². The maximum absolute atomic E-state index is 14.4. The summed E-state index contributed by atoms with van der Waals surface area (Å²) in [6, 6.07) is 15.2. The van der Waals surface area contributed by atoms with Crippen LogP contribution in [0.1, 0.15) is 223 Å². The molecule has 8 heterocycles. The van der Waals surface area contributed by atoms with Crippen LogP contribution in [-0.4, -0.2) is 122 Å². The van der Waals surface area contributed by atoms with Gasteiger partial charge in [0.2, 0.25) is 11.8 Å². The number of ketones is 6. The van der Waals surface area contributed by atoms with Crippen LogP contribution in [0, 0.1) is 38.5 Å². The summed E-state index contributed by atoms with van der Waals surface area (Å²) < 4.78 is 4.27. The van der Waals surface area contributed by atoms with Gasteiger partial charge in [-0.1, -0.05) is 67.6 Å². The number of anilines is 1. The minimum absolute atomic E-state index is 0.0123. The maximum Gasteiger partial charge on any atom is 0.245 e. The molecule has 2 saturated heterocycles. The zero-order valence-corrected chi connectivity index (χ0v) is 57.9. The molecule has 93 heavy (non-hydrogen) atoms. The zero-order chi connectivity index (χ0) is 66.8. The van der Waals surface area contributed by atoms with Crippen molar-refractivity contribution in [3.8, 4) is 0 Å². The number of hydrogen-bond donors (Lipinski definition) is 2. The third kappa shape index (κ3) is 15.7. The van der Waals surface area contributed by atoms with Crippen LogP contribution in [0.3, 0.4) is 0 Å². The molecule has 18 nitrogen and oxygen atoms in total. The Bertz CT molecular complexity index is 3900. The highest BCUT2D eigenvalue weighted by Gasteiger charge is 2.67. The summed E-state index contributed by atoms with van der Waals surface area (Å²) in [5, 5.41) is 14.4. The first-order chi connectivity index (χ1) is 44.2. The van der Waals surface area contributed by atoms with E-state index in [1.165, 1.54) is 13.8 Å². The van der Waals surface area contributed by atoms with Crippen molar-refractivity contribution in [2.45, 2.75) is 260 Å². The number of amides is 2. The Morgan fingerprint density at radius 1 is 0.570 bits per heavy atom. The van der Waals surface area contributed by atoms with Crippen LogP contribution in [0.15, 0.2) is 53.0 Å². The van der Waals surface area contributed by atoms with Gasteiger partial charge in [0.05, 0.1) is 47.3 Å². The van der Waals surface area contributed by atoms with Crippen molar-refractivity contribution >= 4 is 89.9 Å². The SMILES string of the molecule is CC(=O)c1nn2c3c(cc(Br)cc13)CCCCCCC(=O)CC[C@@]13C[C@@H](C(=O)Cc4nc(C)ccc4C)N(C(=O)C2)[C@@H]1C3.CC(=O)c1nn2c3c(cc(NC(C)C)cc13)CCCCCCC(=O)CC[C@@]13C[C@@H](C(=O)Cc4nc(C)ccc4C)N(C(=O)C2)[C@@H]1C3.CC(C)N. The molecule has 2 aromatic carbocycles. The predicted octanol–water partition coefficient (Wildman–Crippen LogP) is 12.5. The Hall–Kier alpha value is -7.12. The van der Waals surface area contributed by atoms with Crippen molar-refractivity contribution < 1.29 is 38.4 Å². The third-order valence-electron chi connectivity index (χ3n) is 20.1. The fourth-order valence-corrected chi connectivity index (χ4v) is 15.8. The second-order valence-electron chi connectivity index (χ2n) is 28.5. The lowest BCUT2D eigenvalue weighted by molar-refractivity contribution is -0.139. The standard InChI is InChI=1S/C37H47N5O4.C34H39BrN4O4.C3H9N/c1-22(2)38-27-16-26-10-8-6-7-9-11-28(44)14-15-37-19-31(32(45)18-30-23(3)12-13-24(4)39-30)42(33(37)20-37)34(46)21-41-36(26)29(17-27)35(40-41)25(5)43;1-20-10-11-21(2)36-27(20)16-29(42)28-17-34-13-12-25(41)9-7-5-4-6-8-23-14-24(35)15-26-32(22(3)40)37-38(33(23)26)19-31(43)39(28)30(34)18-34;1-3(2)4/h12-13,16-17,22,31,33,38H,6-11,14-15,18-21H2,1-5H3;10-11,14-15,28,30H,4-9,12-13,16-19H2,1-3H3;3H,4H2,1-2H3/t31-,33+,37-;28-,30+,34-;/m00./s1. The van der Waals surface area contributed by atoms with E-state index in [-0.39, 0.29) is 101 Å². The van der Waals surface area contributed by atoms with Crippen molar-refractivity contribution in [1.29, 1.82) is 0 Å². The van der Waals surface area contributed by atoms with Gasteiger partial charge in [-0.05, 0) is 194 Å². The molecule has 0 spiro atoms. The molecular formula is C74H95BrN10O8. The number of aromatic nitrogens is 6. The second-order valence-corrected chi connectivity index (χ2v) is 29.4. The summed E-state index contributed by atoms with van der Waals surface area (Å²) in [5.74, 6) is -0.0915. The van der Waals surface area contributed by atoms with E-state index in [0.717, 1.165) is 154 Å². The van der Waals surface area contributed by atoms with Gasteiger partial charge in [-0.2, -0.15) is 10.2 Å². The van der Waals surface area contributed by atoms with Crippen LogP contribution >= 0.6 is 15.9 Å². The molecular weight excluding hydrogens is 1240 g/mol. The van der Waals surface area contributed by atoms with Crippen molar-refractivity contribution in [2.24, 2.45) is 16.6 Å². The summed E-state index contributed by atoms with van der Waals surface area (Å²) in [4.78, 5) is 121. The smallest absolute Gasteiger partial charge is 0.245 e. The molecule has 6 aromatic rings. The number of Topliss-reactive ketones (excluding diaryl/α,β-unsaturated/α-hetero) is 6. The van der Waals surface area contributed by atoms with Crippen LogP contribution in [0.2, 0.25) is 0 Å². The van der Waals surface area contributed by atoms with E-state index < -0.39 is 12.1 Å². The number of carbonyl (C=O) groups excluding carboxylic acids is 8. The van der Waals surface area contributed by atoms with E-state index in [1.54, 1.807) is 14.3 Å². The minimum Gasteiger partial charge on any atom is -0.383 e. The molecule has 496 valence electrons. The number of aryl methyl sites for hydroxylation is 6. The van der Waals surface area contributed by atoms with E-state index in [9.17, 15) is 38.4 Å². The number of halogens is 1. The fourth-order valence-electron chi connectivity index (χ4n) is 15.3. The number of nitrogens with zero attached hydrogens (tertiary/aromatic N) is 8. The number of hydrogen-bond acceptors (Lipinski definition) is 14. The molecule has 4 aliphatic heterocycles. The molecule has 4 bridgehead atoms. The van der Waals surface area contributed by atoms with E-state index in [1.807, 2.05) is 82.8 Å². The van der Waals surface area contributed by atoms with Gasteiger partial charge in [0.15, 0.2) is 23.1 Å². The quantitative estimate of drug-likeness (QED) is 0.121. The molecule has 2 aliphatic carbocycles. The van der Waals surface area contributed by atoms with Gasteiger partial charge in [0.25, 0.3) is 0 Å². The highest BCUT2D eigenvalue weighted by molar-refractivity contribution is 9.10. The predicted molar refractivity (Wildman–Crippen MR) is 364 cm³/mol. The molecule has 4 fully saturated rings. The molecule has 0 radical (unpaired) electrons. The maximum atomic E-state index is 14.4. The number of nitrogens with two attached hydrogens (primary N) is 1. The Morgan fingerprint density at radius 3 is 1.40 bits per heavy atom.